The van der Waals surface area contributed by atoms with E-state index in [1.54, 1.807) is 44.7 Å². The summed E-state index contributed by atoms with van der Waals surface area (Å²) < 4.78 is 1.57. The van der Waals surface area contributed by atoms with E-state index >= 15 is 0 Å². The van der Waals surface area contributed by atoms with E-state index < -0.39 is 41.2 Å². The quantitative estimate of drug-likeness (QED) is 0.568. The predicted octanol–water partition coefficient (Wildman–Crippen LogP) is 3.53. The summed E-state index contributed by atoms with van der Waals surface area (Å²) in [6.45, 7) is 9.06. The molecule has 0 aliphatic rings. The topological polar surface area (TPSA) is 114 Å². The second kappa shape index (κ2) is 9.37. The van der Waals surface area contributed by atoms with Gasteiger partial charge in [-0.1, -0.05) is 58.4 Å². The van der Waals surface area contributed by atoms with Crippen LogP contribution in [-0.2, 0) is 20.8 Å². The zero-order chi connectivity index (χ0) is 23.4. The maximum atomic E-state index is 13.1. The number of nitrogens with zero attached hydrogens (tertiary/aromatic N) is 1. The smallest absolute Gasteiger partial charge is 0.306 e. The molecule has 31 heavy (non-hydrogen) atoms. The standard InChI is InChI=1S/C24H33N3O4/c1-6-7-16-8-10-17(11-9-16)18-12-13-27(15-18)19(14-20(28)29)21(30)26-24(5,22(25)31)23(2,3)4/h8-13,15,19H,6-7,14H2,1-5H3,(H2,25,31)(H,26,30)(H,28,29)/t19-,24?/m1/s1. The van der Waals surface area contributed by atoms with Crippen molar-refractivity contribution in [2.24, 2.45) is 11.1 Å². The van der Waals surface area contributed by atoms with Gasteiger partial charge in [-0.3, -0.25) is 14.4 Å². The number of carbonyl (C=O) groups excluding carboxylic acids is 2. The van der Waals surface area contributed by atoms with Crippen LogP contribution in [0.5, 0.6) is 0 Å². The van der Waals surface area contributed by atoms with E-state index in [0.29, 0.717) is 0 Å². The molecule has 7 nitrogen and oxygen atoms in total. The summed E-state index contributed by atoms with van der Waals surface area (Å²) >= 11 is 0. The Hall–Kier alpha value is -3.09. The third-order valence-corrected chi connectivity index (χ3v) is 5.94. The number of amides is 2. The van der Waals surface area contributed by atoms with E-state index in [9.17, 15) is 19.5 Å². The Kier molecular flexibility index (Phi) is 7.31. The van der Waals surface area contributed by atoms with Gasteiger partial charge in [-0.25, -0.2) is 0 Å². The molecule has 0 spiro atoms. The first-order chi connectivity index (χ1) is 14.4. The van der Waals surface area contributed by atoms with Crippen LogP contribution in [0, 0.1) is 5.41 Å². The van der Waals surface area contributed by atoms with Gasteiger partial charge in [0.15, 0.2) is 0 Å². The highest BCUT2D eigenvalue weighted by Gasteiger charge is 2.45. The van der Waals surface area contributed by atoms with E-state index in [1.807, 2.05) is 18.2 Å². The highest BCUT2D eigenvalue weighted by molar-refractivity contribution is 5.93. The fourth-order valence-corrected chi connectivity index (χ4v) is 3.38. The van der Waals surface area contributed by atoms with Gasteiger partial charge < -0.3 is 20.7 Å². The molecule has 0 aliphatic heterocycles. The van der Waals surface area contributed by atoms with Crippen LogP contribution in [0.15, 0.2) is 42.7 Å². The minimum Gasteiger partial charge on any atom is -0.481 e. The molecule has 4 N–H and O–H groups in total. The van der Waals surface area contributed by atoms with Crippen molar-refractivity contribution in [2.45, 2.75) is 65.5 Å². The van der Waals surface area contributed by atoms with E-state index in [4.69, 9.17) is 5.73 Å². The Balaban J connectivity index is 2.33. The lowest BCUT2D eigenvalue weighted by Gasteiger charge is -2.40. The zero-order valence-electron chi connectivity index (χ0n) is 18.9. The third-order valence-electron chi connectivity index (χ3n) is 5.94. The second-order valence-electron chi connectivity index (χ2n) is 9.14. The van der Waals surface area contributed by atoms with Crippen molar-refractivity contribution in [3.63, 3.8) is 0 Å². The van der Waals surface area contributed by atoms with Crippen molar-refractivity contribution in [3.05, 3.63) is 48.3 Å². The number of aromatic nitrogens is 1. The van der Waals surface area contributed by atoms with Crippen molar-refractivity contribution < 1.29 is 19.5 Å². The average Bonchev–Trinajstić information content (AvgIpc) is 3.15. The number of aliphatic carboxylic acids is 1. The zero-order valence-corrected chi connectivity index (χ0v) is 18.9. The maximum absolute atomic E-state index is 13.1. The van der Waals surface area contributed by atoms with Gasteiger partial charge in [0.1, 0.15) is 11.6 Å². The first-order valence-electron chi connectivity index (χ1n) is 10.5. The molecule has 0 fully saturated rings. The van der Waals surface area contributed by atoms with Crippen LogP contribution in [0.1, 0.15) is 59.1 Å². The van der Waals surface area contributed by atoms with Gasteiger partial charge in [0.2, 0.25) is 11.8 Å². The van der Waals surface area contributed by atoms with Crippen molar-refractivity contribution in [2.75, 3.05) is 0 Å². The number of carbonyl (C=O) groups is 3. The molecular weight excluding hydrogens is 394 g/mol. The summed E-state index contributed by atoms with van der Waals surface area (Å²) in [5.41, 5.74) is 6.68. The Bertz CT molecular complexity index is 940. The van der Waals surface area contributed by atoms with Crippen molar-refractivity contribution in [1.82, 2.24) is 9.88 Å². The van der Waals surface area contributed by atoms with Crippen LogP contribution >= 0.6 is 0 Å². The molecule has 2 aromatic rings. The summed E-state index contributed by atoms with van der Waals surface area (Å²) in [6.07, 6.45) is 5.09. The number of carboxylic acid groups (broad SMARTS) is 1. The number of carboxylic acids is 1. The number of benzene rings is 1. The molecule has 7 heteroatoms. The molecule has 1 aromatic carbocycles. The van der Waals surface area contributed by atoms with Gasteiger partial charge >= 0.3 is 5.97 Å². The van der Waals surface area contributed by atoms with Gasteiger partial charge in [0, 0.05) is 12.4 Å². The van der Waals surface area contributed by atoms with E-state index in [-0.39, 0.29) is 0 Å². The van der Waals surface area contributed by atoms with E-state index in [0.717, 1.165) is 24.0 Å². The van der Waals surface area contributed by atoms with Gasteiger partial charge in [-0.05, 0) is 41.5 Å². The predicted molar refractivity (Wildman–Crippen MR) is 120 cm³/mol. The van der Waals surface area contributed by atoms with Crippen LogP contribution in [0.4, 0.5) is 0 Å². The Morgan fingerprint density at radius 3 is 2.16 bits per heavy atom. The molecule has 168 valence electrons. The molecule has 0 aliphatic carbocycles. The maximum Gasteiger partial charge on any atom is 0.306 e. The SMILES string of the molecule is CCCc1ccc(-c2ccn([C@H](CC(=O)O)C(=O)NC(C)(C(N)=O)C(C)(C)C)c2)cc1. The lowest BCUT2D eigenvalue weighted by Crippen LogP contribution is -2.63. The number of nitrogens with two attached hydrogens (primary N) is 1. The summed E-state index contributed by atoms with van der Waals surface area (Å²) in [6, 6.07) is 8.99. The summed E-state index contributed by atoms with van der Waals surface area (Å²) in [7, 11) is 0. The van der Waals surface area contributed by atoms with Gasteiger partial charge in [-0.15, -0.1) is 0 Å². The largest absolute Gasteiger partial charge is 0.481 e. The van der Waals surface area contributed by atoms with Crippen LogP contribution in [0.25, 0.3) is 11.1 Å². The van der Waals surface area contributed by atoms with Crippen molar-refractivity contribution in [3.8, 4) is 11.1 Å². The Labute approximate surface area is 183 Å². The molecule has 0 radical (unpaired) electrons. The van der Waals surface area contributed by atoms with Crippen LogP contribution in [0.2, 0.25) is 0 Å². The lowest BCUT2D eigenvalue weighted by molar-refractivity contribution is -0.142. The molecule has 2 amide bonds. The molecular formula is C24H33N3O4. The average molecular weight is 428 g/mol. The number of rotatable bonds is 9. The highest BCUT2D eigenvalue weighted by Crippen LogP contribution is 2.31. The molecule has 1 unspecified atom stereocenters. The summed E-state index contributed by atoms with van der Waals surface area (Å²) in [5.74, 6) is -2.36. The second-order valence-corrected chi connectivity index (χ2v) is 9.14. The molecule has 1 aromatic heterocycles. The first-order valence-corrected chi connectivity index (χ1v) is 10.5. The number of hydrogen-bond acceptors (Lipinski definition) is 3. The number of primary amides is 1. The molecule has 0 saturated heterocycles. The number of nitrogens with one attached hydrogen (secondary N) is 1. The molecule has 2 atom stereocenters. The van der Waals surface area contributed by atoms with Crippen LogP contribution in [-0.4, -0.2) is 33.0 Å². The highest BCUT2D eigenvalue weighted by atomic mass is 16.4. The summed E-state index contributed by atoms with van der Waals surface area (Å²) in [4.78, 5) is 36.7. The monoisotopic (exact) mass is 427 g/mol. The molecule has 1 heterocycles. The van der Waals surface area contributed by atoms with Crippen molar-refractivity contribution >= 4 is 17.8 Å². The Morgan fingerprint density at radius 1 is 1.06 bits per heavy atom. The lowest BCUT2D eigenvalue weighted by atomic mass is 9.74. The third kappa shape index (κ3) is 5.54. The van der Waals surface area contributed by atoms with Gasteiger partial charge in [0.05, 0.1) is 6.42 Å². The Morgan fingerprint density at radius 2 is 1.68 bits per heavy atom. The molecule has 0 bridgehead atoms. The first kappa shape index (κ1) is 24.2. The molecule has 0 saturated carbocycles. The van der Waals surface area contributed by atoms with E-state index in [2.05, 4.69) is 24.4 Å². The fourth-order valence-electron chi connectivity index (χ4n) is 3.38. The van der Waals surface area contributed by atoms with Gasteiger partial charge in [0.25, 0.3) is 0 Å². The minimum absolute atomic E-state index is 0.422. The van der Waals surface area contributed by atoms with Crippen LogP contribution in [0.3, 0.4) is 0 Å². The van der Waals surface area contributed by atoms with Crippen LogP contribution < -0.4 is 11.1 Å². The van der Waals surface area contributed by atoms with Crippen molar-refractivity contribution in [1.29, 1.82) is 0 Å². The number of hydrogen-bond donors (Lipinski definition) is 3. The molecule has 2 rings (SSSR count). The minimum atomic E-state index is -1.34. The number of aryl methyl sites for hydroxylation is 1. The van der Waals surface area contributed by atoms with E-state index in [1.165, 1.54) is 5.56 Å². The fraction of sp³-hybridized carbons (Fsp3) is 0.458. The normalized spacial score (nSPS) is 14.5. The summed E-state index contributed by atoms with van der Waals surface area (Å²) in [5, 5.41) is 12.1. The van der Waals surface area contributed by atoms with Gasteiger partial charge in [-0.2, -0.15) is 0 Å².